The number of carbonyl (C=O) groups excluding carboxylic acids is 1. The number of oxazole rings is 1. The number of aromatic nitrogens is 1. The Balaban J connectivity index is 1.60. The fourth-order valence-corrected chi connectivity index (χ4v) is 2.75. The van der Waals surface area contributed by atoms with E-state index in [-0.39, 0.29) is 11.9 Å². The van der Waals surface area contributed by atoms with Gasteiger partial charge in [0, 0.05) is 6.04 Å². The first-order valence-corrected chi connectivity index (χ1v) is 6.96. The number of hydrogen-bond donors (Lipinski definition) is 1. The zero-order valence-electron chi connectivity index (χ0n) is 11.5. The molecule has 20 heavy (non-hydrogen) atoms. The van der Waals surface area contributed by atoms with Crippen molar-refractivity contribution in [2.24, 2.45) is 5.92 Å². The number of hydrogen-bond acceptors (Lipinski definition) is 5. The van der Waals surface area contributed by atoms with Gasteiger partial charge >= 0.3 is 5.97 Å². The minimum absolute atomic E-state index is 0.0432. The number of fused-ring (bicyclic) bond motifs is 1. The van der Waals surface area contributed by atoms with Crippen molar-refractivity contribution in [3.8, 4) is 0 Å². The first kappa shape index (κ1) is 13.0. The molecule has 0 atom stereocenters. The van der Waals surface area contributed by atoms with Crippen LogP contribution in [0.1, 0.15) is 25.7 Å². The Bertz CT molecular complexity index is 567. The average molecular weight is 274 g/mol. The van der Waals surface area contributed by atoms with Crippen LogP contribution >= 0.6 is 0 Å². The van der Waals surface area contributed by atoms with Gasteiger partial charge in [0.1, 0.15) is 5.52 Å². The summed E-state index contributed by atoms with van der Waals surface area (Å²) < 4.78 is 10.4. The minimum atomic E-state index is -0.0923. The quantitative estimate of drug-likeness (QED) is 0.872. The van der Waals surface area contributed by atoms with Crippen LogP contribution in [0.25, 0.3) is 11.1 Å². The normalized spacial score (nSPS) is 22.6. The van der Waals surface area contributed by atoms with Crippen molar-refractivity contribution < 1.29 is 13.9 Å². The highest BCUT2D eigenvalue weighted by Gasteiger charge is 2.27. The third kappa shape index (κ3) is 2.61. The summed E-state index contributed by atoms with van der Waals surface area (Å²) in [5.41, 5.74) is 1.65. The second kappa shape index (κ2) is 5.53. The molecule has 1 heterocycles. The Morgan fingerprint density at radius 1 is 1.30 bits per heavy atom. The van der Waals surface area contributed by atoms with E-state index >= 15 is 0 Å². The second-order valence-corrected chi connectivity index (χ2v) is 5.20. The van der Waals surface area contributed by atoms with Crippen molar-refractivity contribution in [1.82, 2.24) is 4.98 Å². The molecule has 5 heteroatoms. The van der Waals surface area contributed by atoms with Crippen molar-refractivity contribution in [3.63, 3.8) is 0 Å². The molecule has 1 aliphatic carbocycles. The predicted molar refractivity (Wildman–Crippen MR) is 75.4 cm³/mol. The number of esters is 1. The standard InChI is InChI=1S/C15H18N2O3/c1-19-14(18)10-6-8-11(9-7-10)16-15-17-12-4-2-3-5-13(12)20-15/h2-5,10-11H,6-9H2,1H3,(H,16,17). The molecule has 2 aromatic rings. The van der Waals surface area contributed by atoms with Crippen LogP contribution in [0.4, 0.5) is 6.01 Å². The van der Waals surface area contributed by atoms with Crippen LogP contribution in [0.2, 0.25) is 0 Å². The average Bonchev–Trinajstić information content (AvgIpc) is 2.89. The number of carbonyl (C=O) groups is 1. The number of methoxy groups -OCH3 is 1. The zero-order chi connectivity index (χ0) is 13.9. The SMILES string of the molecule is COC(=O)C1CCC(Nc2nc3ccccc3o2)CC1. The van der Waals surface area contributed by atoms with Gasteiger partial charge in [-0.3, -0.25) is 4.79 Å². The van der Waals surface area contributed by atoms with Gasteiger partial charge in [0.2, 0.25) is 0 Å². The van der Waals surface area contributed by atoms with Gasteiger partial charge in [0.05, 0.1) is 13.0 Å². The van der Waals surface area contributed by atoms with Crippen LogP contribution in [-0.4, -0.2) is 24.1 Å². The van der Waals surface area contributed by atoms with Crippen LogP contribution in [0.5, 0.6) is 0 Å². The van der Waals surface area contributed by atoms with Crippen LogP contribution in [0.15, 0.2) is 28.7 Å². The summed E-state index contributed by atoms with van der Waals surface area (Å²) in [4.78, 5) is 15.9. The molecule has 0 bridgehead atoms. The van der Waals surface area contributed by atoms with E-state index in [1.165, 1.54) is 7.11 Å². The molecule has 106 valence electrons. The zero-order valence-corrected chi connectivity index (χ0v) is 11.5. The molecule has 0 amide bonds. The van der Waals surface area contributed by atoms with Crippen LogP contribution in [0.3, 0.4) is 0 Å². The monoisotopic (exact) mass is 274 g/mol. The minimum Gasteiger partial charge on any atom is -0.469 e. The fraction of sp³-hybridized carbons (Fsp3) is 0.467. The Labute approximate surface area is 117 Å². The number of rotatable bonds is 3. The van der Waals surface area contributed by atoms with Gasteiger partial charge in [0.25, 0.3) is 6.01 Å². The predicted octanol–water partition coefficient (Wildman–Crippen LogP) is 2.97. The molecule has 1 aliphatic rings. The van der Waals surface area contributed by atoms with Crippen LogP contribution in [-0.2, 0) is 9.53 Å². The highest BCUT2D eigenvalue weighted by molar-refractivity contribution is 5.74. The molecular weight excluding hydrogens is 256 g/mol. The van der Waals surface area contributed by atoms with Crippen LogP contribution < -0.4 is 5.32 Å². The molecule has 0 aliphatic heterocycles. The van der Waals surface area contributed by atoms with E-state index in [0.29, 0.717) is 12.1 Å². The maximum atomic E-state index is 11.5. The molecule has 1 saturated carbocycles. The number of nitrogens with zero attached hydrogens (tertiary/aromatic N) is 1. The van der Waals surface area contributed by atoms with Crippen molar-refractivity contribution >= 4 is 23.1 Å². The summed E-state index contributed by atoms with van der Waals surface area (Å²) in [6, 6.07) is 8.58. The van der Waals surface area contributed by atoms with Gasteiger partial charge in [-0.05, 0) is 37.8 Å². The molecule has 0 radical (unpaired) electrons. The number of benzene rings is 1. The highest BCUT2D eigenvalue weighted by atomic mass is 16.5. The van der Waals surface area contributed by atoms with E-state index in [9.17, 15) is 4.79 Å². The lowest BCUT2D eigenvalue weighted by atomic mass is 9.86. The van der Waals surface area contributed by atoms with Crippen molar-refractivity contribution in [2.75, 3.05) is 12.4 Å². The highest BCUT2D eigenvalue weighted by Crippen LogP contribution is 2.28. The summed E-state index contributed by atoms with van der Waals surface area (Å²) in [5.74, 6) is -0.0491. The van der Waals surface area contributed by atoms with Gasteiger partial charge < -0.3 is 14.5 Å². The molecule has 0 saturated heterocycles. The van der Waals surface area contributed by atoms with E-state index in [1.54, 1.807) is 0 Å². The molecule has 3 rings (SSSR count). The molecule has 1 N–H and O–H groups in total. The molecular formula is C15H18N2O3. The van der Waals surface area contributed by atoms with Crippen molar-refractivity contribution in [3.05, 3.63) is 24.3 Å². The summed E-state index contributed by atoms with van der Waals surface area (Å²) >= 11 is 0. The van der Waals surface area contributed by atoms with Crippen molar-refractivity contribution in [1.29, 1.82) is 0 Å². The van der Waals surface area contributed by atoms with Gasteiger partial charge in [-0.2, -0.15) is 4.98 Å². The Kier molecular flexibility index (Phi) is 3.58. The maximum absolute atomic E-state index is 11.5. The number of ether oxygens (including phenoxy) is 1. The number of anilines is 1. The largest absolute Gasteiger partial charge is 0.469 e. The van der Waals surface area contributed by atoms with Gasteiger partial charge in [-0.25, -0.2) is 0 Å². The van der Waals surface area contributed by atoms with E-state index in [0.717, 1.165) is 36.8 Å². The summed E-state index contributed by atoms with van der Waals surface area (Å²) in [5, 5.41) is 3.32. The smallest absolute Gasteiger partial charge is 0.308 e. The number of nitrogens with one attached hydrogen (secondary N) is 1. The van der Waals surface area contributed by atoms with Gasteiger partial charge in [0.15, 0.2) is 5.58 Å². The second-order valence-electron chi connectivity index (χ2n) is 5.20. The van der Waals surface area contributed by atoms with Crippen LogP contribution in [0, 0.1) is 5.92 Å². The summed E-state index contributed by atoms with van der Waals surface area (Å²) in [6.45, 7) is 0. The lowest BCUT2D eigenvalue weighted by molar-refractivity contribution is -0.146. The molecule has 1 aromatic heterocycles. The van der Waals surface area contributed by atoms with Crippen molar-refractivity contribution in [2.45, 2.75) is 31.7 Å². The van der Waals surface area contributed by atoms with E-state index in [4.69, 9.17) is 9.15 Å². The van der Waals surface area contributed by atoms with E-state index in [1.807, 2.05) is 24.3 Å². The topological polar surface area (TPSA) is 64.4 Å². The molecule has 1 fully saturated rings. The summed E-state index contributed by atoms with van der Waals surface area (Å²) in [6.07, 6.45) is 3.56. The first-order valence-electron chi connectivity index (χ1n) is 6.96. The first-order chi connectivity index (χ1) is 9.76. The van der Waals surface area contributed by atoms with Gasteiger partial charge in [-0.15, -0.1) is 0 Å². The summed E-state index contributed by atoms with van der Waals surface area (Å²) in [7, 11) is 1.45. The Hall–Kier alpha value is -2.04. The van der Waals surface area contributed by atoms with E-state index < -0.39 is 0 Å². The third-order valence-corrected chi connectivity index (χ3v) is 3.88. The maximum Gasteiger partial charge on any atom is 0.308 e. The fourth-order valence-electron chi connectivity index (χ4n) is 2.75. The molecule has 5 nitrogen and oxygen atoms in total. The molecule has 1 aromatic carbocycles. The third-order valence-electron chi connectivity index (χ3n) is 3.88. The lowest BCUT2D eigenvalue weighted by Gasteiger charge is -2.26. The van der Waals surface area contributed by atoms with E-state index in [2.05, 4.69) is 10.3 Å². The Morgan fingerprint density at radius 2 is 2.05 bits per heavy atom. The Morgan fingerprint density at radius 3 is 2.75 bits per heavy atom. The molecule has 0 spiro atoms. The number of para-hydroxylation sites is 2. The molecule has 0 unspecified atom stereocenters. The lowest BCUT2D eigenvalue weighted by Crippen LogP contribution is -2.29. The van der Waals surface area contributed by atoms with Gasteiger partial charge in [-0.1, -0.05) is 12.1 Å².